The normalized spacial score (nSPS) is 16.6. The molecule has 0 bridgehead atoms. The van der Waals surface area contributed by atoms with E-state index >= 15 is 0 Å². The van der Waals surface area contributed by atoms with Crippen LogP contribution in [0.3, 0.4) is 0 Å². The number of benzene rings is 2. The smallest absolute Gasteiger partial charge is 0.250 e. The summed E-state index contributed by atoms with van der Waals surface area (Å²) in [5.74, 6) is 0.271. The Labute approximate surface area is 239 Å². The summed E-state index contributed by atoms with van der Waals surface area (Å²) in [6.45, 7) is 6.40. The number of para-hydroxylation sites is 1. The Kier molecular flexibility index (Phi) is 7.86. The number of nitrogens with one attached hydrogen (secondary N) is 2. The van der Waals surface area contributed by atoms with Gasteiger partial charge in [0.1, 0.15) is 12.4 Å². The molecule has 4 aromatic rings. The molecule has 2 atom stereocenters. The van der Waals surface area contributed by atoms with Gasteiger partial charge in [0.15, 0.2) is 5.11 Å². The van der Waals surface area contributed by atoms with E-state index in [0.29, 0.717) is 16.5 Å². The van der Waals surface area contributed by atoms with Crippen molar-refractivity contribution in [2.75, 3.05) is 31.0 Å². The molecule has 2 aromatic heterocycles. The van der Waals surface area contributed by atoms with Crippen molar-refractivity contribution in [2.45, 2.75) is 32.9 Å². The van der Waals surface area contributed by atoms with Crippen molar-refractivity contribution in [3.63, 3.8) is 0 Å². The van der Waals surface area contributed by atoms with Crippen LogP contribution in [0.1, 0.15) is 40.3 Å². The van der Waals surface area contributed by atoms with Crippen LogP contribution in [0.5, 0.6) is 5.75 Å². The maximum atomic E-state index is 12.4. The highest BCUT2D eigenvalue weighted by atomic mass is 32.1. The van der Waals surface area contributed by atoms with E-state index in [9.17, 15) is 4.79 Å². The lowest BCUT2D eigenvalue weighted by molar-refractivity contribution is -0.119. The summed E-state index contributed by atoms with van der Waals surface area (Å²) in [4.78, 5) is 19.2. The van der Waals surface area contributed by atoms with E-state index in [1.807, 2.05) is 42.5 Å². The average molecular weight is 556 g/mol. The van der Waals surface area contributed by atoms with Gasteiger partial charge in [-0.2, -0.15) is 0 Å². The molecule has 1 fully saturated rings. The highest BCUT2D eigenvalue weighted by molar-refractivity contribution is 7.80. The molecule has 1 saturated heterocycles. The molecule has 5 rings (SSSR count). The first-order chi connectivity index (χ1) is 19.3. The van der Waals surface area contributed by atoms with Gasteiger partial charge < -0.3 is 29.6 Å². The third-order valence-electron chi connectivity index (χ3n) is 7.43. The lowest BCUT2D eigenvalue weighted by atomic mass is 9.93. The molecule has 1 aliphatic rings. The molecule has 0 radical (unpaired) electrons. The SMILES string of the molecule is COCC(=O)Nc1cc(N2C(=S)N[C@@H](c3ccccn3)[C@@H]2c2c(C)c(C)n(-c3ccccc3)c2C)ccc1OC. The Balaban J connectivity index is 1.68. The van der Waals surface area contributed by atoms with E-state index in [0.717, 1.165) is 22.8 Å². The van der Waals surface area contributed by atoms with Gasteiger partial charge in [0.05, 0.1) is 30.6 Å². The number of ether oxygens (including phenoxy) is 2. The molecular weight excluding hydrogens is 522 g/mol. The fourth-order valence-electron chi connectivity index (χ4n) is 5.59. The number of carbonyl (C=O) groups is 1. The van der Waals surface area contributed by atoms with Gasteiger partial charge in [0, 0.05) is 41.6 Å². The molecule has 1 aliphatic heterocycles. The first-order valence-corrected chi connectivity index (χ1v) is 13.5. The summed E-state index contributed by atoms with van der Waals surface area (Å²) in [6, 6.07) is 21.6. The molecule has 206 valence electrons. The topological polar surface area (TPSA) is 80.7 Å². The zero-order valence-corrected chi connectivity index (χ0v) is 24.1. The van der Waals surface area contributed by atoms with Gasteiger partial charge in [-0.3, -0.25) is 9.78 Å². The van der Waals surface area contributed by atoms with Crippen molar-refractivity contribution in [3.8, 4) is 11.4 Å². The predicted molar refractivity (Wildman–Crippen MR) is 161 cm³/mol. The molecular formula is C31H33N5O3S. The fraction of sp³-hybridized carbons (Fsp3) is 0.258. The maximum absolute atomic E-state index is 12.4. The van der Waals surface area contributed by atoms with E-state index < -0.39 is 0 Å². The highest BCUT2D eigenvalue weighted by Gasteiger charge is 2.43. The van der Waals surface area contributed by atoms with Gasteiger partial charge in [-0.1, -0.05) is 24.3 Å². The molecule has 0 spiro atoms. The van der Waals surface area contributed by atoms with Gasteiger partial charge in [-0.05, 0) is 81.0 Å². The number of hydrogen-bond acceptors (Lipinski definition) is 5. The van der Waals surface area contributed by atoms with E-state index in [1.165, 1.54) is 23.9 Å². The second-order valence-corrected chi connectivity index (χ2v) is 10.1. The van der Waals surface area contributed by atoms with Crippen molar-refractivity contribution in [2.24, 2.45) is 0 Å². The Morgan fingerprint density at radius 2 is 1.75 bits per heavy atom. The van der Waals surface area contributed by atoms with Crippen LogP contribution in [0.15, 0.2) is 72.9 Å². The van der Waals surface area contributed by atoms with Crippen LogP contribution < -0.4 is 20.3 Å². The van der Waals surface area contributed by atoms with Crippen LogP contribution >= 0.6 is 12.2 Å². The van der Waals surface area contributed by atoms with Crippen molar-refractivity contribution < 1.29 is 14.3 Å². The second kappa shape index (κ2) is 11.5. The minimum absolute atomic E-state index is 0.0634. The van der Waals surface area contributed by atoms with Crippen LogP contribution in [-0.4, -0.2) is 41.4 Å². The number of amides is 1. The van der Waals surface area contributed by atoms with Crippen LogP contribution in [0, 0.1) is 20.8 Å². The number of nitrogens with zero attached hydrogens (tertiary/aromatic N) is 3. The number of aromatic nitrogens is 2. The van der Waals surface area contributed by atoms with Crippen molar-refractivity contribution in [3.05, 3.63) is 101 Å². The van der Waals surface area contributed by atoms with E-state index in [2.05, 4.69) is 65.1 Å². The summed E-state index contributed by atoms with van der Waals surface area (Å²) in [6.07, 6.45) is 1.80. The molecule has 2 N–H and O–H groups in total. The van der Waals surface area contributed by atoms with E-state index in [4.69, 9.17) is 26.7 Å². The summed E-state index contributed by atoms with van der Waals surface area (Å²) in [5, 5.41) is 7.02. The number of thiocarbonyl (C=S) groups is 1. The largest absolute Gasteiger partial charge is 0.495 e. The molecule has 2 aromatic carbocycles. The number of anilines is 2. The third-order valence-corrected chi connectivity index (χ3v) is 7.74. The lowest BCUT2D eigenvalue weighted by Gasteiger charge is -2.29. The zero-order chi connectivity index (χ0) is 28.4. The summed E-state index contributed by atoms with van der Waals surface area (Å²) < 4.78 is 12.8. The minimum Gasteiger partial charge on any atom is -0.495 e. The molecule has 40 heavy (non-hydrogen) atoms. The van der Waals surface area contributed by atoms with E-state index in [-0.39, 0.29) is 24.6 Å². The summed E-state index contributed by atoms with van der Waals surface area (Å²) in [5.41, 5.74) is 8.01. The zero-order valence-electron chi connectivity index (χ0n) is 23.3. The van der Waals surface area contributed by atoms with Crippen LogP contribution in [0.25, 0.3) is 5.69 Å². The molecule has 0 aliphatic carbocycles. The van der Waals surface area contributed by atoms with Crippen molar-refractivity contribution >= 4 is 34.6 Å². The molecule has 1 amide bonds. The quantitative estimate of drug-likeness (QED) is 0.275. The number of hydrogen-bond donors (Lipinski definition) is 2. The van der Waals surface area contributed by atoms with Crippen LogP contribution in [-0.2, 0) is 9.53 Å². The predicted octanol–water partition coefficient (Wildman–Crippen LogP) is 5.57. The van der Waals surface area contributed by atoms with Gasteiger partial charge in [-0.25, -0.2) is 0 Å². The van der Waals surface area contributed by atoms with Gasteiger partial charge in [-0.15, -0.1) is 0 Å². The minimum atomic E-state index is -0.273. The molecule has 3 heterocycles. The van der Waals surface area contributed by atoms with Gasteiger partial charge >= 0.3 is 0 Å². The molecule has 8 nitrogen and oxygen atoms in total. The van der Waals surface area contributed by atoms with Crippen LogP contribution in [0.2, 0.25) is 0 Å². The number of carbonyl (C=O) groups excluding carboxylic acids is 1. The monoisotopic (exact) mass is 555 g/mol. The fourth-order valence-corrected chi connectivity index (χ4v) is 5.94. The number of rotatable bonds is 8. The molecule has 0 unspecified atom stereocenters. The van der Waals surface area contributed by atoms with Gasteiger partial charge in [0.2, 0.25) is 5.91 Å². The first-order valence-electron chi connectivity index (χ1n) is 13.1. The lowest BCUT2D eigenvalue weighted by Crippen LogP contribution is -2.30. The Morgan fingerprint density at radius 3 is 2.42 bits per heavy atom. The Morgan fingerprint density at radius 1 is 1.00 bits per heavy atom. The second-order valence-electron chi connectivity index (χ2n) is 9.74. The van der Waals surface area contributed by atoms with Crippen molar-refractivity contribution in [1.29, 1.82) is 0 Å². The summed E-state index contributed by atoms with van der Waals surface area (Å²) >= 11 is 5.97. The standard InChI is InChI=1S/C31H33N5O3S/c1-19-20(2)35(22-11-7-6-8-12-22)21(3)28(19)30-29(24-13-9-10-16-32-24)34-31(40)36(30)23-14-15-26(39-5)25(17-23)33-27(37)18-38-4/h6-17,29-30H,18H2,1-5H3,(H,33,37)(H,34,40)/t29-,30-/m0/s1. The first kappa shape index (κ1) is 27.4. The third kappa shape index (κ3) is 4.94. The van der Waals surface area contributed by atoms with Crippen LogP contribution in [0.4, 0.5) is 11.4 Å². The maximum Gasteiger partial charge on any atom is 0.250 e. The number of pyridine rings is 1. The molecule has 0 saturated carbocycles. The van der Waals surface area contributed by atoms with E-state index in [1.54, 1.807) is 13.3 Å². The van der Waals surface area contributed by atoms with Gasteiger partial charge in [0.25, 0.3) is 0 Å². The Hall–Kier alpha value is -4.21. The average Bonchev–Trinajstić information content (AvgIpc) is 3.41. The van der Waals surface area contributed by atoms with Crippen molar-refractivity contribution in [1.82, 2.24) is 14.9 Å². The summed E-state index contributed by atoms with van der Waals surface area (Å²) in [7, 11) is 3.06. The highest BCUT2D eigenvalue weighted by Crippen LogP contribution is 2.46. The number of methoxy groups -OCH3 is 2. The Bertz CT molecular complexity index is 1540. The molecule has 9 heteroatoms.